The molecule has 8 heteroatoms. The number of halogens is 1. The third-order valence-electron chi connectivity index (χ3n) is 3.63. The Hall–Kier alpha value is -0.931. The molecule has 1 fully saturated rings. The Morgan fingerprint density at radius 1 is 1.35 bits per heavy atom. The number of nitrogens with one attached hydrogen (secondary N) is 1. The fraction of sp³-hybridized carbons (Fsp3) is 0.333. The molecule has 0 spiro atoms. The summed E-state index contributed by atoms with van der Waals surface area (Å²) in [6, 6.07) is 10.1. The fourth-order valence-corrected chi connectivity index (χ4v) is 5.52. The van der Waals surface area contributed by atoms with Crippen molar-refractivity contribution < 1.29 is 9.84 Å². The van der Waals surface area contributed by atoms with Crippen LogP contribution in [0.15, 0.2) is 46.1 Å². The summed E-state index contributed by atoms with van der Waals surface area (Å²) in [6.45, 7) is -0.0784. The molecule has 1 aliphatic heterocycles. The fourth-order valence-electron chi connectivity index (χ4n) is 2.51. The number of aromatic nitrogens is 2. The molecule has 1 saturated heterocycles. The summed E-state index contributed by atoms with van der Waals surface area (Å²) in [4.78, 5) is 26.0. The van der Waals surface area contributed by atoms with Gasteiger partial charge >= 0.3 is 153 Å². The number of H-pyrrole nitrogens is 1. The molecule has 0 radical (unpaired) electrons. The maximum atomic E-state index is 12.0. The van der Waals surface area contributed by atoms with E-state index in [4.69, 9.17) is 4.74 Å². The molecule has 0 amide bonds. The van der Waals surface area contributed by atoms with Crippen LogP contribution in [-0.4, -0.2) is 42.3 Å². The quantitative estimate of drug-likeness (QED) is 0.473. The van der Waals surface area contributed by atoms with Crippen LogP contribution < -0.4 is 15.7 Å². The number of rotatable bonds is 4. The third kappa shape index (κ3) is 3.77. The Balaban J connectivity index is 1.83. The second-order valence-electron chi connectivity index (χ2n) is 5.16. The predicted molar refractivity (Wildman–Crippen MR) is 95.2 cm³/mol. The van der Waals surface area contributed by atoms with Crippen molar-refractivity contribution in [2.75, 3.05) is 6.61 Å². The van der Waals surface area contributed by atoms with E-state index in [2.05, 4.69) is 17.1 Å². The van der Waals surface area contributed by atoms with E-state index in [-0.39, 0.29) is 32.5 Å². The molecule has 3 atom stereocenters. The van der Waals surface area contributed by atoms with E-state index >= 15 is 0 Å². The predicted octanol–water partition coefficient (Wildman–Crippen LogP) is 0.239. The van der Waals surface area contributed by atoms with Crippen LogP contribution in [0.25, 0.3) is 0 Å². The number of hydrogen-bond donors (Lipinski definition) is 2. The Labute approximate surface area is 152 Å². The van der Waals surface area contributed by atoms with Crippen molar-refractivity contribution in [1.82, 2.24) is 9.55 Å². The first-order valence-electron chi connectivity index (χ1n) is 7.07. The van der Waals surface area contributed by atoms with Crippen molar-refractivity contribution in [1.29, 1.82) is 0 Å². The van der Waals surface area contributed by atoms with Crippen molar-refractivity contribution >= 4 is 42.0 Å². The summed E-state index contributed by atoms with van der Waals surface area (Å²) < 4.78 is 8.94. The molecule has 122 valence electrons. The Bertz CT molecular complexity index is 792. The molecular weight excluding hydrogens is 478 g/mol. The number of aromatic amines is 1. The molecule has 1 aliphatic rings. The van der Waals surface area contributed by atoms with Crippen molar-refractivity contribution in [3.63, 3.8) is 0 Å². The summed E-state index contributed by atoms with van der Waals surface area (Å²) in [6.07, 6.45) is 1.40. The first kappa shape index (κ1) is 16.9. The Morgan fingerprint density at radius 2 is 2.09 bits per heavy atom. The Morgan fingerprint density at radius 3 is 2.78 bits per heavy atom. The summed E-state index contributed by atoms with van der Waals surface area (Å²) in [5.41, 5.74) is -0.876. The molecule has 1 aromatic carbocycles. The SMILES string of the molecule is O=c1[nH]c(=O)n([C@H]2C[C@H]([Se]c3ccccc3)[C@@H](CO)O2)cc1I. The van der Waals surface area contributed by atoms with E-state index in [0.29, 0.717) is 9.99 Å². The molecule has 0 saturated carbocycles. The summed E-state index contributed by atoms with van der Waals surface area (Å²) in [7, 11) is 0. The molecule has 0 bridgehead atoms. The number of benzene rings is 1. The average Bonchev–Trinajstić information content (AvgIpc) is 2.94. The van der Waals surface area contributed by atoms with E-state index < -0.39 is 17.5 Å². The van der Waals surface area contributed by atoms with Gasteiger partial charge in [0.25, 0.3) is 0 Å². The average molecular weight is 493 g/mol. The first-order chi connectivity index (χ1) is 11.1. The van der Waals surface area contributed by atoms with Gasteiger partial charge in [0.15, 0.2) is 0 Å². The normalized spacial score (nSPS) is 24.0. The van der Waals surface area contributed by atoms with Crippen molar-refractivity contribution in [3.05, 3.63) is 60.9 Å². The zero-order valence-corrected chi connectivity index (χ0v) is 15.9. The van der Waals surface area contributed by atoms with Crippen molar-refractivity contribution in [3.8, 4) is 0 Å². The van der Waals surface area contributed by atoms with Gasteiger partial charge in [0, 0.05) is 0 Å². The maximum absolute atomic E-state index is 12.0. The van der Waals surface area contributed by atoms with Gasteiger partial charge in [-0.2, -0.15) is 0 Å². The van der Waals surface area contributed by atoms with Crippen LogP contribution in [0.2, 0.25) is 4.82 Å². The minimum absolute atomic E-state index is 0.0784. The van der Waals surface area contributed by atoms with Gasteiger partial charge in [-0.1, -0.05) is 0 Å². The molecule has 3 rings (SSSR count). The zero-order valence-electron chi connectivity index (χ0n) is 12.0. The molecule has 2 N–H and O–H groups in total. The van der Waals surface area contributed by atoms with Crippen LogP contribution >= 0.6 is 22.6 Å². The van der Waals surface area contributed by atoms with Gasteiger partial charge in [0.1, 0.15) is 0 Å². The van der Waals surface area contributed by atoms with E-state index in [1.807, 2.05) is 40.8 Å². The van der Waals surface area contributed by atoms with Gasteiger partial charge in [-0.15, -0.1) is 0 Å². The van der Waals surface area contributed by atoms with Crippen LogP contribution in [0.1, 0.15) is 12.6 Å². The van der Waals surface area contributed by atoms with Crippen LogP contribution in [0.3, 0.4) is 0 Å². The number of nitrogens with zero attached hydrogens (tertiary/aromatic N) is 1. The van der Waals surface area contributed by atoms with Crippen LogP contribution in [-0.2, 0) is 4.74 Å². The number of aliphatic hydroxyl groups is 1. The molecular formula is C15H15IN2O4Se. The molecule has 1 aromatic heterocycles. The molecule has 0 unspecified atom stereocenters. The summed E-state index contributed by atoms with van der Waals surface area (Å²) in [5, 5.41) is 9.59. The van der Waals surface area contributed by atoms with E-state index in [0.717, 1.165) is 0 Å². The topological polar surface area (TPSA) is 84.3 Å². The second kappa shape index (κ2) is 7.31. The van der Waals surface area contributed by atoms with Crippen molar-refractivity contribution in [2.24, 2.45) is 0 Å². The van der Waals surface area contributed by atoms with Crippen molar-refractivity contribution in [2.45, 2.75) is 23.6 Å². The van der Waals surface area contributed by atoms with Gasteiger partial charge in [0.05, 0.1) is 0 Å². The number of aliphatic hydroxyl groups excluding tert-OH is 1. The second-order valence-corrected chi connectivity index (χ2v) is 9.08. The third-order valence-corrected chi connectivity index (χ3v) is 7.21. The molecule has 0 aliphatic carbocycles. The van der Waals surface area contributed by atoms with Gasteiger partial charge in [-0.25, -0.2) is 0 Å². The molecule has 6 nitrogen and oxygen atoms in total. The van der Waals surface area contributed by atoms with Crippen LogP contribution in [0.4, 0.5) is 0 Å². The van der Waals surface area contributed by atoms with Gasteiger partial charge in [-0.05, 0) is 0 Å². The van der Waals surface area contributed by atoms with Gasteiger partial charge < -0.3 is 0 Å². The van der Waals surface area contributed by atoms with Crippen LogP contribution in [0.5, 0.6) is 0 Å². The van der Waals surface area contributed by atoms with Gasteiger partial charge in [0.2, 0.25) is 0 Å². The van der Waals surface area contributed by atoms with E-state index in [1.54, 1.807) is 0 Å². The summed E-state index contributed by atoms with van der Waals surface area (Å²) in [5.74, 6) is 0. The molecule has 2 heterocycles. The standard InChI is InChI=1S/C15H15IN2O4Se/c16-10-7-18(15(21)17-14(10)20)13-6-12(11(8-19)22-13)23-9-4-2-1-3-5-9/h1-5,7,11-13,19H,6,8H2,(H,17,20,21)/t11-,12+,13-/m1/s1. The minimum atomic E-state index is -0.482. The summed E-state index contributed by atoms with van der Waals surface area (Å²) >= 11 is 2.03. The monoisotopic (exact) mass is 494 g/mol. The number of hydrogen-bond acceptors (Lipinski definition) is 4. The van der Waals surface area contributed by atoms with Gasteiger partial charge in [-0.3, -0.25) is 0 Å². The first-order valence-corrected chi connectivity index (χ1v) is 10.00. The molecule has 2 aromatic rings. The number of ether oxygens (including phenoxy) is 1. The zero-order chi connectivity index (χ0) is 16.4. The molecule has 23 heavy (non-hydrogen) atoms. The Kier molecular flexibility index (Phi) is 5.38. The van der Waals surface area contributed by atoms with Crippen LogP contribution in [0, 0.1) is 3.57 Å². The van der Waals surface area contributed by atoms with E-state index in [9.17, 15) is 14.7 Å². The van der Waals surface area contributed by atoms with E-state index in [1.165, 1.54) is 15.2 Å².